The van der Waals surface area contributed by atoms with Crippen LogP contribution in [0.2, 0.25) is 5.02 Å². The number of anilines is 1. The first kappa shape index (κ1) is 17.5. The Morgan fingerprint density at radius 1 is 1.29 bits per heavy atom. The highest BCUT2D eigenvalue weighted by Gasteiger charge is 2.19. The standard InChI is InChI=1S/C15H14ClN3O5/c1-9(14(22)17-11-5-3-2-4-10(11)16)24-13(21)8-19-7-6-12(20)18-15(19)23/h2-7,9H,8H2,1H3,(H,17,22)(H,18,20,23)/t9-/m1/s1. The van der Waals surface area contributed by atoms with Crippen LogP contribution in [0, 0.1) is 0 Å². The van der Waals surface area contributed by atoms with E-state index in [4.69, 9.17) is 16.3 Å². The van der Waals surface area contributed by atoms with Crippen molar-refractivity contribution in [3.63, 3.8) is 0 Å². The van der Waals surface area contributed by atoms with Gasteiger partial charge in [-0.2, -0.15) is 0 Å². The van der Waals surface area contributed by atoms with E-state index in [0.717, 1.165) is 16.8 Å². The molecule has 0 unspecified atom stereocenters. The second kappa shape index (κ2) is 7.60. The summed E-state index contributed by atoms with van der Waals surface area (Å²) in [5, 5.41) is 2.88. The molecule has 0 spiro atoms. The maximum absolute atomic E-state index is 12.0. The van der Waals surface area contributed by atoms with Gasteiger partial charge in [0.2, 0.25) is 0 Å². The molecular weight excluding hydrogens is 338 g/mol. The lowest BCUT2D eigenvalue weighted by atomic mass is 10.3. The molecule has 2 N–H and O–H groups in total. The van der Waals surface area contributed by atoms with Crippen molar-refractivity contribution in [2.75, 3.05) is 5.32 Å². The van der Waals surface area contributed by atoms with Gasteiger partial charge in [0.1, 0.15) is 6.54 Å². The van der Waals surface area contributed by atoms with Gasteiger partial charge >= 0.3 is 11.7 Å². The molecule has 0 aliphatic rings. The smallest absolute Gasteiger partial charge is 0.328 e. The van der Waals surface area contributed by atoms with Gasteiger partial charge in [-0.1, -0.05) is 23.7 Å². The van der Waals surface area contributed by atoms with E-state index in [1.165, 1.54) is 6.92 Å². The van der Waals surface area contributed by atoms with Crippen molar-refractivity contribution in [3.05, 3.63) is 62.4 Å². The highest BCUT2D eigenvalue weighted by molar-refractivity contribution is 6.33. The van der Waals surface area contributed by atoms with Gasteiger partial charge in [0.15, 0.2) is 6.10 Å². The fraction of sp³-hybridized carbons (Fsp3) is 0.200. The summed E-state index contributed by atoms with van der Waals surface area (Å²) in [6.45, 7) is 0.957. The minimum atomic E-state index is -1.09. The molecule has 1 atom stereocenters. The summed E-state index contributed by atoms with van der Waals surface area (Å²) in [6.07, 6.45) is 0.0731. The number of nitrogens with zero attached hydrogens (tertiary/aromatic N) is 1. The summed E-state index contributed by atoms with van der Waals surface area (Å²) in [5.41, 5.74) is -0.923. The summed E-state index contributed by atoms with van der Waals surface area (Å²) >= 11 is 5.93. The van der Waals surface area contributed by atoms with E-state index >= 15 is 0 Å². The number of rotatable bonds is 5. The van der Waals surface area contributed by atoms with Gasteiger partial charge in [-0.3, -0.25) is 23.9 Å². The Bertz CT molecular complexity index is 874. The van der Waals surface area contributed by atoms with Gasteiger partial charge < -0.3 is 10.1 Å². The quantitative estimate of drug-likeness (QED) is 0.773. The third kappa shape index (κ3) is 4.56. The zero-order valence-electron chi connectivity index (χ0n) is 12.6. The first-order chi connectivity index (χ1) is 11.4. The van der Waals surface area contributed by atoms with Crippen LogP contribution in [0.4, 0.5) is 5.69 Å². The minimum absolute atomic E-state index is 0.351. The van der Waals surface area contributed by atoms with Crippen molar-refractivity contribution in [2.24, 2.45) is 0 Å². The first-order valence-corrected chi connectivity index (χ1v) is 7.29. The van der Waals surface area contributed by atoms with Crippen LogP contribution in [0.15, 0.2) is 46.1 Å². The average molecular weight is 352 g/mol. The number of hydrogen-bond donors (Lipinski definition) is 2. The molecule has 0 aliphatic heterocycles. The summed E-state index contributed by atoms with van der Waals surface area (Å²) < 4.78 is 5.93. The highest BCUT2D eigenvalue weighted by atomic mass is 35.5. The number of aromatic nitrogens is 2. The monoisotopic (exact) mass is 351 g/mol. The number of benzene rings is 1. The van der Waals surface area contributed by atoms with E-state index < -0.39 is 35.8 Å². The van der Waals surface area contributed by atoms with Crippen LogP contribution in [0.1, 0.15) is 6.92 Å². The number of halogens is 1. The van der Waals surface area contributed by atoms with Crippen LogP contribution >= 0.6 is 11.6 Å². The number of carbonyl (C=O) groups excluding carboxylic acids is 2. The van der Waals surface area contributed by atoms with Crippen molar-refractivity contribution in [1.29, 1.82) is 0 Å². The van der Waals surface area contributed by atoms with E-state index in [1.54, 1.807) is 24.3 Å². The maximum atomic E-state index is 12.0. The van der Waals surface area contributed by atoms with Gasteiger partial charge in [-0.15, -0.1) is 0 Å². The Balaban J connectivity index is 1.95. The average Bonchev–Trinajstić information content (AvgIpc) is 2.52. The molecule has 0 fully saturated rings. The van der Waals surface area contributed by atoms with Crippen LogP contribution in [-0.4, -0.2) is 27.5 Å². The van der Waals surface area contributed by atoms with Crippen LogP contribution < -0.4 is 16.6 Å². The van der Waals surface area contributed by atoms with Gasteiger partial charge in [0, 0.05) is 12.3 Å². The molecule has 1 amide bonds. The Kier molecular flexibility index (Phi) is 5.54. The van der Waals surface area contributed by atoms with Gasteiger partial charge in [0.25, 0.3) is 11.5 Å². The number of H-pyrrole nitrogens is 1. The molecule has 2 rings (SSSR count). The largest absolute Gasteiger partial charge is 0.451 e. The van der Waals surface area contributed by atoms with E-state index in [-0.39, 0.29) is 0 Å². The second-order valence-electron chi connectivity index (χ2n) is 4.84. The van der Waals surface area contributed by atoms with E-state index in [2.05, 4.69) is 5.32 Å². The summed E-state index contributed by atoms with van der Waals surface area (Å²) in [7, 11) is 0. The van der Waals surface area contributed by atoms with Crippen molar-refractivity contribution >= 4 is 29.2 Å². The second-order valence-corrected chi connectivity index (χ2v) is 5.25. The molecule has 24 heavy (non-hydrogen) atoms. The molecule has 0 bridgehead atoms. The lowest BCUT2D eigenvalue weighted by Crippen LogP contribution is -2.35. The van der Waals surface area contributed by atoms with E-state index in [0.29, 0.717) is 10.7 Å². The molecule has 1 heterocycles. The number of para-hydroxylation sites is 1. The molecule has 2 aromatic rings. The molecule has 126 valence electrons. The number of esters is 1. The van der Waals surface area contributed by atoms with Gasteiger partial charge in [0.05, 0.1) is 10.7 Å². The Labute approximate surface area is 141 Å². The minimum Gasteiger partial charge on any atom is -0.451 e. The Hall–Kier alpha value is -2.87. The van der Waals surface area contributed by atoms with Gasteiger partial charge in [-0.25, -0.2) is 4.79 Å². The van der Waals surface area contributed by atoms with Crippen LogP contribution in [0.3, 0.4) is 0 Å². The number of aromatic amines is 1. The first-order valence-electron chi connectivity index (χ1n) is 6.91. The Morgan fingerprint density at radius 3 is 2.67 bits per heavy atom. The zero-order valence-corrected chi connectivity index (χ0v) is 13.4. The molecule has 0 saturated heterocycles. The highest BCUT2D eigenvalue weighted by Crippen LogP contribution is 2.20. The number of amides is 1. The fourth-order valence-electron chi connectivity index (χ4n) is 1.79. The normalized spacial score (nSPS) is 11.6. The maximum Gasteiger partial charge on any atom is 0.328 e. The van der Waals surface area contributed by atoms with E-state index in [9.17, 15) is 19.2 Å². The van der Waals surface area contributed by atoms with Crippen molar-refractivity contribution in [3.8, 4) is 0 Å². The van der Waals surface area contributed by atoms with Crippen LogP contribution in [-0.2, 0) is 20.9 Å². The molecule has 0 saturated carbocycles. The van der Waals surface area contributed by atoms with E-state index in [1.807, 2.05) is 4.98 Å². The number of ether oxygens (including phenoxy) is 1. The fourth-order valence-corrected chi connectivity index (χ4v) is 1.98. The molecule has 8 nitrogen and oxygen atoms in total. The zero-order chi connectivity index (χ0) is 17.7. The van der Waals surface area contributed by atoms with Crippen LogP contribution in [0.25, 0.3) is 0 Å². The van der Waals surface area contributed by atoms with Crippen molar-refractivity contribution in [1.82, 2.24) is 9.55 Å². The summed E-state index contributed by atoms with van der Waals surface area (Å²) in [6, 6.07) is 7.72. The van der Waals surface area contributed by atoms with Crippen LogP contribution in [0.5, 0.6) is 0 Å². The van der Waals surface area contributed by atoms with Crippen molar-refractivity contribution < 1.29 is 14.3 Å². The lowest BCUT2D eigenvalue weighted by Gasteiger charge is -2.14. The lowest BCUT2D eigenvalue weighted by molar-refractivity contribution is -0.153. The number of nitrogens with one attached hydrogen (secondary N) is 2. The molecule has 1 aromatic heterocycles. The predicted molar refractivity (Wildman–Crippen MR) is 87.0 cm³/mol. The summed E-state index contributed by atoms with van der Waals surface area (Å²) in [4.78, 5) is 48.2. The molecule has 9 heteroatoms. The van der Waals surface area contributed by atoms with Crippen molar-refractivity contribution in [2.45, 2.75) is 19.6 Å². The molecule has 0 radical (unpaired) electrons. The Morgan fingerprint density at radius 2 is 2.00 bits per heavy atom. The topological polar surface area (TPSA) is 110 Å². The third-order valence-corrected chi connectivity index (χ3v) is 3.34. The predicted octanol–water partition coefficient (Wildman–Crippen LogP) is 0.760. The third-order valence-electron chi connectivity index (χ3n) is 3.01. The SMILES string of the molecule is C[C@@H](OC(=O)Cn1ccc(=O)[nH]c1=O)C(=O)Nc1ccccc1Cl. The summed E-state index contributed by atoms with van der Waals surface area (Å²) in [5.74, 6) is -1.36. The molecular formula is C15H14ClN3O5. The molecule has 1 aromatic carbocycles. The number of carbonyl (C=O) groups is 2. The van der Waals surface area contributed by atoms with Gasteiger partial charge in [-0.05, 0) is 19.1 Å². The molecule has 0 aliphatic carbocycles. The number of hydrogen-bond acceptors (Lipinski definition) is 5.